The molecule has 0 aliphatic carbocycles. The number of hydrogen-bond donors (Lipinski definition) is 4. The van der Waals surface area contributed by atoms with Gasteiger partial charge in [-0.1, -0.05) is 35.3 Å². The molecule has 11 nitrogen and oxygen atoms in total. The highest BCUT2D eigenvalue weighted by Gasteiger charge is 2.21. The van der Waals surface area contributed by atoms with Gasteiger partial charge in [0.05, 0.1) is 22.8 Å². The lowest BCUT2D eigenvalue weighted by atomic mass is 10.0. The fourth-order valence-corrected chi connectivity index (χ4v) is 4.91. The molecule has 1 aliphatic heterocycles. The molecule has 1 saturated heterocycles. The Morgan fingerprint density at radius 1 is 0.953 bits per heavy atom. The van der Waals surface area contributed by atoms with Crippen molar-refractivity contribution in [3.63, 3.8) is 0 Å². The van der Waals surface area contributed by atoms with Gasteiger partial charge < -0.3 is 25.6 Å². The van der Waals surface area contributed by atoms with Gasteiger partial charge >= 0.3 is 0 Å². The number of pyridine rings is 2. The lowest BCUT2D eigenvalue weighted by molar-refractivity contribution is -0.124. The summed E-state index contributed by atoms with van der Waals surface area (Å²) in [6.45, 7) is 2.60. The zero-order valence-corrected chi connectivity index (χ0v) is 24.2. The number of nitrogens with zero attached hydrogens (tertiary/aromatic N) is 3. The van der Waals surface area contributed by atoms with E-state index in [4.69, 9.17) is 23.2 Å². The first kappa shape index (κ1) is 29.8. The van der Waals surface area contributed by atoms with Gasteiger partial charge in [-0.25, -0.2) is 4.98 Å². The largest absolute Gasteiger partial charge is 0.506 e. The van der Waals surface area contributed by atoms with Crippen LogP contribution in [0.15, 0.2) is 77.9 Å². The van der Waals surface area contributed by atoms with Crippen LogP contribution in [-0.4, -0.2) is 63.5 Å². The Morgan fingerprint density at radius 3 is 2.47 bits per heavy atom. The standard InChI is InChI=1S/C30H26Cl2N6O5/c31-20-7-8-25(34-16-20)35-29(42)23-14-21(32)15-24(39)27(23)36-28(41)19-5-3-18(4-6-19)22-2-1-10-38(30(22)43)13-12-37-11-9-33-26(40)17-37/h1-8,10,14-16,39H,9,11-13,17H2,(H,33,40)(H,36,41)(H,34,35,42). The molecule has 1 fully saturated rings. The Bertz CT molecular complexity index is 1740. The van der Waals surface area contributed by atoms with Gasteiger partial charge in [-0.3, -0.25) is 24.1 Å². The second kappa shape index (κ2) is 13.1. The van der Waals surface area contributed by atoms with E-state index in [1.807, 2.05) is 4.90 Å². The lowest BCUT2D eigenvalue weighted by Gasteiger charge is -2.26. The molecule has 3 amide bonds. The molecule has 13 heteroatoms. The third-order valence-corrected chi connectivity index (χ3v) is 7.23. The van der Waals surface area contributed by atoms with E-state index in [2.05, 4.69) is 20.9 Å². The van der Waals surface area contributed by atoms with Crippen LogP contribution in [0.2, 0.25) is 10.0 Å². The van der Waals surface area contributed by atoms with E-state index in [-0.39, 0.29) is 39.1 Å². The molecule has 0 bridgehead atoms. The first-order chi connectivity index (χ1) is 20.7. The average molecular weight is 621 g/mol. The average Bonchev–Trinajstić information content (AvgIpc) is 2.99. The third kappa shape index (κ3) is 7.20. The molecule has 0 unspecified atom stereocenters. The number of aromatic nitrogens is 2. The number of amides is 3. The van der Waals surface area contributed by atoms with Crippen molar-refractivity contribution >= 4 is 52.4 Å². The van der Waals surface area contributed by atoms with Crippen molar-refractivity contribution in [3.05, 3.63) is 105 Å². The van der Waals surface area contributed by atoms with E-state index >= 15 is 0 Å². The number of aromatic hydroxyl groups is 1. The van der Waals surface area contributed by atoms with Crippen molar-refractivity contribution in [2.24, 2.45) is 0 Å². The monoisotopic (exact) mass is 620 g/mol. The molecule has 3 heterocycles. The zero-order valence-electron chi connectivity index (χ0n) is 22.6. The summed E-state index contributed by atoms with van der Waals surface area (Å²) in [5.74, 6) is -1.49. The number of rotatable bonds is 8. The summed E-state index contributed by atoms with van der Waals surface area (Å²) in [4.78, 5) is 57.0. The van der Waals surface area contributed by atoms with Crippen molar-refractivity contribution in [1.29, 1.82) is 0 Å². The highest BCUT2D eigenvalue weighted by molar-refractivity contribution is 6.32. The summed E-state index contributed by atoms with van der Waals surface area (Å²) in [6.07, 6.45) is 3.06. The molecule has 0 spiro atoms. The number of piperazine rings is 1. The van der Waals surface area contributed by atoms with E-state index in [1.54, 1.807) is 41.1 Å². The van der Waals surface area contributed by atoms with Crippen molar-refractivity contribution in [3.8, 4) is 16.9 Å². The fraction of sp³-hybridized carbons (Fsp3) is 0.167. The van der Waals surface area contributed by atoms with Crippen molar-refractivity contribution in [1.82, 2.24) is 19.8 Å². The molecular weight excluding hydrogens is 595 g/mol. The number of phenolic OH excluding ortho intramolecular Hbond substituents is 1. The SMILES string of the molecule is O=C1CN(CCn2cccc(-c3ccc(C(=O)Nc4c(O)cc(Cl)cc4C(=O)Nc4ccc(Cl)cn4)cc3)c2=O)CCN1. The molecule has 0 radical (unpaired) electrons. The van der Waals surface area contributed by atoms with Crippen molar-refractivity contribution in [2.45, 2.75) is 6.54 Å². The maximum absolute atomic E-state index is 13.2. The number of phenols is 1. The Hall–Kier alpha value is -4.71. The van der Waals surface area contributed by atoms with Gasteiger partial charge in [0, 0.05) is 60.8 Å². The molecule has 5 rings (SSSR count). The topological polar surface area (TPSA) is 146 Å². The summed E-state index contributed by atoms with van der Waals surface area (Å²) < 4.78 is 1.60. The van der Waals surface area contributed by atoms with Crippen LogP contribution in [0.4, 0.5) is 11.5 Å². The predicted octanol–water partition coefficient (Wildman–Crippen LogP) is 3.86. The van der Waals surface area contributed by atoms with E-state index in [0.29, 0.717) is 42.3 Å². The second-order valence-electron chi connectivity index (χ2n) is 9.74. The van der Waals surface area contributed by atoms with Crippen LogP contribution in [0.1, 0.15) is 20.7 Å². The number of benzene rings is 2. The van der Waals surface area contributed by atoms with E-state index in [9.17, 15) is 24.3 Å². The zero-order chi connectivity index (χ0) is 30.5. The molecule has 43 heavy (non-hydrogen) atoms. The Kier molecular flexibility index (Phi) is 9.05. The molecule has 220 valence electrons. The fourth-order valence-electron chi connectivity index (χ4n) is 4.59. The summed E-state index contributed by atoms with van der Waals surface area (Å²) >= 11 is 11.9. The van der Waals surface area contributed by atoms with Gasteiger partial charge in [0.15, 0.2) is 0 Å². The number of carbonyl (C=O) groups is 3. The van der Waals surface area contributed by atoms with Crippen LogP contribution in [0.3, 0.4) is 0 Å². The van der Waals surface area contributed by atoms with Crippen LogP contribution < -0.4 is 21.5 Å². The second-order valence-corrected chi connectivity index (χ2v) is 10.6. The number of carbonyl (C=O) groups excluding carboxylic acids is 3. The molecule has 2 aromatic carbocycles. The molecule has 0 saturated carbocycles. The lowest BCUT2D eigenvalue weighted by Crippen LogP contribution is -2.48. The van der Waals surface area contributed by atoms with Crippen LogP contribution in [-0.2, 0) is 11.3 Å². The van der Waals surface area contributed by atoms with Gasteiger partial charge in [0.2, 0.25) is 5.91 Å². The third-order valence-electron chi connectivity index (χ3n) is 6.79. The number of anilines is 2. The maximum atomic E-state index is 13.2. The van der Waals surface area contributed by atoms with Crippen molar-refractivity contribution in [2.75, 3.05) is 36.8 Å². The molecule has 4 aromatic rings. The first-order valence-electron chi connectivity index (χ1n) is 13.2. The van der Waals surface area contributed by atoms with Gasteiger partial charge in [0.1, 0.15) is 11.6 Å². The van der Waals surface area contributed by atoms with Crippen LogP contribution in [0.25, 0.3) is 11.1 Å². The van der Waals surface area contributed by atoms with Gasteiger partial charge in [-0.15, -0.1) is 0 Å². The number of halogens is 2. The van der Waals surface area contributed by atoms with E-state index < -0.39 is 17.6 Å². The quantitative estimate of drug-likeness (QED) is 0.219. The molecule has 1 aliphatic rings. The summed E-state index contributed by atoms with van der Waals surface area (Å²) in [5.41, 5.74) is 0.874. The molecular formula is C30H26Cl2N6O5. The minimum atomic E-state index is -0.665. The minimum Gasteiger partial charge on any atom is -0.506 e. The predicted molar refractivity (Wildman–Crippen MR) is 164 cm³/mol. The highest BCUT2D eigenvalue weighted by Crippen LogP contribution is 2.32. The van der Waals surface area contributed by atoms with Crippen LogP contribution in [0, 0.1) is 0 Å². The van der Waals surface area contributed by atoms with Crippen LogP contribution in [0.5, 0.6) is 5.75 Å². The normalized spacial score (nSPS) is 13.3. The smallest absolute Gasteiger partial charge is 0.259 e. The van der Waals surface area contributed by atoms with E-state index in [1.165, 1.54) is 36.5 Å². The Balaban J connectivity index is 1.31. The molecule has 0 atom stereocenters. The summed E-state index contributed by atoms with van der Waals surface area (Å²) in [7, 11) is 0. The summed E-state index contributed by atoms with van der Waals surface area (Å²) in [5, 5.41) is 19.0. The first-order valence-corrected chi connectivity index (χ1v) is 14.0. The Labute approximate surface area is 256 Å². The highest BCUT2D eigenvalue weighted by atomic mass is 35.5. The molecule has 4 N–H and O–H groups in total. The van der Waals surface area contributed by atoms with Crippen molar-refractivity contribution < 1.29 is 19.5 Å². The number of nitrogens with one attached hydrogen (secondary N) is 3. The molecule has 2 aromatic heterocycles. The summed E-state index contributed by atoms with van der Waals surface area (Å²) in [6, 6.07) is 15.4. The van der Waals surface area contributed by atoms with E-state index in [0.717, 1.165) is 6.54 Å². The maximum Gasteiger partial charge on any atom is 0.259 e. The van der Waals surface area contributed by atoms with Gasteiger partial charge in [0.25, 0.3) is 17.4 Å². The van der Waals surface area contributed by atoms with Crippen LogP contribution >= 0.6 is 23.2 Å². The van der Waals surface area contributed by atoms with Gasteiger partial charge in [-0.05, 0) is 48.0 Å². The number of hydrogen-bond acceptors (Lipinski definition) is 7. The van der Waals surface area contributed by atoms with Gasteiger partial charge in [-0.2, -0.15) is 0 Å². The minimum absolute atomic E-state index is 0.0301. The Morgan fingerprint density at radius 2 is 1.74 bits per heavy atom.